The van der Waals surface area contributed by atoms with Crippen LogP contribution in [-0.4, -0.2) is 40.6 Å². The molecule has 1 aromatic carbocycles. The lowest BCUT2D eigenvalue weighted by atomic mass is 10.1. The Morgan fingerprint density at radius 1 is 1.07 bits per heavy atom. The summed E-state index contributed by atoms with van der Waals surface area (Å²) in [6, 6.07) is 5.80. The number of nitrogens with one attached hydrogen (secondary N) is 2. The highest BCUT2D eigenvalue weighted by atomic mass is 32.2. The highest BCUT2D eigenvalue weighted by Crippen LogP contribution is 2.34. The Hall–Kier alpha value is -2.52. The van der Waals surface area contributed by atoms with Crippen LogP contribution in [0.2, 0.25) is 0 Å². The van der Waals surface area contributed by atoms with Crippen LogP contribution < -0.4 is 10.6 Å². The summed E-state index contributed by atoms with van der Waals surface area (Å²) in [5.74, 6) is -0.392. The van der Waals surface area contributed by atoms with Gasteiger partial charge in [-0.1, -0.05) is 23.9 Å². The van der Waals surface area contributed by atoms with Crippen molar-refractivity contribution >= 4 is 45.1 Å². The van der Waals surface area contributed by atoms with E-state index in [9.17, 15) is 14.0 Å². The van der Waals surface area contributed by atoms with E-state index in [2.05, 4.69) is 20.6 Å². The molecule has 2 heterocycles. The van der Waals surface area contributed by atoms with E-state index in [1.165, 1.54) is 35.1 Å². The Morgan fingerprint density at radius 3 is 2.48 bits per heavy atom. The molecule has 3 aromatic rings. The zero-order valence-corrected chi connectivity index (χ0v) is 17.8. The summed E-state index contributed by atoms with van der Waals surface area (Å²) in [5, 5.41) is 7.34. The van der Waals surface area contributed by atoms with Crippen molar-refractivity contribution in [2.24, 2.45) is 0 Å². The fourth-order valence-corrected chi connectivity index (χ4v) is 4.65. The minimum Gasteiger partial charge on any atom is -0.354 e. The second kappa shape index (κ2) is 9.80. The van der Waals surface area contributed by atoms with E-state index in [-0.39, 0.29) is 29.8 Å². The summed E-state index contributed by atoms with van der Waals surface area (Å²) < 4.78 is 12.9. The number of carbonyl (C=O) groups is 2. The molecule has 2 aromatic heterocycles. The molecule has 152 valence electrons. The van der Waals surface area contributed by atoms with Gasteiger partial charge in [0, 0.05) is 23.4 Å². The molecule has 3 rings (SSSR count). The number of amides is 2. The first-order valence-electron chi connectivity index (χ1n) is 9.05. The Kier molecular flexibility index (Phi) is 7.16. The molecule has 0 radical (unpaired) electrons. The van der Waals surface area contributed by atoms with Gasteiger partial charge in [-0.2, -0.15) is 0 Å². The van der Waals surface area contributed by atoms with Crippen LogP contribution in [0.3, 0.4) is 0 Å². The molecule has 0 spiro atoms. The zero-order valence-electron chi connectivity index (χ0n) is 16.1. The third kappa shape index (κ3) is 5.74. The number of benzene rings is 1. The van der Waals surface area contributed by atoms with E-state index < -0.39 is 0 Å². The first-order chi connectivity index (χ1) is 13.9. The van der Waals surface area contributed by atoms with Gasteiger partial charge in [0.2, 0.25) is 11.8 Å². The number of hydrogen-bond acceptors (Lipinski definition) is 6. The number of fused-ring (bicyclic) bond motifs is 1. The lowest BCUT2D eigenvalue weighted by Crippen LogP contribution is -2.36. The number of rotatable bonds is 8. The number of hydrogen-bond donors (Lipinski definition) is 2. The minimum atomic E-state index is -0.332. The fraction of sp³-hybridized carbons (Fsp3) is 0.300. The number of aryl methyl sites for hydroxylation is 2. The smallest absolute Gasteiger partial charge is 0.230 e. The van der Waals surface area contributed by atoms with E-state index in [1.807, 2.05) is 13.8 Å². The minimum absolute atomic E-state index is 0.126. The highest BCUT2D eigenvalue weighted by Gasteiger charge is 2.13. The molecule has 0 atom stereocenters. The SMILES string of the molecule is Cc1sc2ncnc(SCC(=O)NCCNC(=O)Cc3ccc(F)cc3)c2c1C. The summed E-state index contributed by atoms with van der Waals surface area (Å²) >= 11 is 3.00. The molecule has 2 N–H and O–H groups in total. The quantitative estimate of drug-likeness (QED) is 0.325. The standard InChI is InChI=1S/C20H21FN4O2S2/c1-12-13(2)29-20-18(12)19(24-11-25-20)28-10-17(27)23-8-7-22-16(26)9-14-3-5-15(21)6-4-14/h3-6,11H,7-10H2,1-2H3,(H,22,26)(H,23,27). The van der Waals surface area contributed by atoms with Crippen LogP contribution in [0.25, 0.3) is 10.2 Å². The summed E-state index contributed by atoms with van der Waals surface area (Å²) in [6.07, 6.45) is 1.70. The monoisotopic (exact) mass is 432 g/mol. The van der Waals surface area contributed by atoms with Gasteiger partial charge in [-0.3, -0.25) is 9.59 Å². The van der Waals surface area contributed by atoms with Crippen molar-refractivity contribution in [3.05, 3.63) is 52.4 Å². The third-order valence-electron chi connectivity index (χ3n) is 4.32. The van der Waals surface area contributed by atoms with Crippen molar-refractivity contribution in [1.82, 2.24) is 20.6 Å². The Morgan fingerprint density at radius 2 is 1.76 bits per heavy atom. The predicted molar refractivity (Wildman–Crippen MR) is 114 cm³/mol. The normalized spacial score (nSPS) is 10.9. The lowest BCUT2D eigenvalue weighted by Gasteiger charge is -2.08. The second-order valence-electron chi connectivity index (χ2n) is 6.43. The Labute approximate surface area is 176 Å². The van der Waals surface area contributed by atoms with E-state index in [0.717, 1.165) is 26.4 Å². The van der Waals surface area contributed by atoms with Crippen LogP contribution in [0, 0.1) is 19.7 Å². The van der Waals surface area contributed by atoms with Crippen LogP contribution in [-0.2, 0) is 16.0 Å². The molecular weight excluding hydrogens is 411 g/mol. The van der Waals surface area contributed by atoms with Gasteiger partial charge in [0.15, 0.2) is 0 Å². The average Bonchev–Trinajstić information content (AvgIpc) is 3.00. The van der Waals surface area contributed by atoms with Crippen molar-refractivity contribution in [2.75, 3.05) is 18.8 Å². The topological polar surface area (TPSA) is 84.0 Å². The van der Waals surface area contributed by atoms with Crippen LogP contribution >= 0.6 is 23.1 Å². The van der Waals surface area contributed by atoms with Crippen molar-refractivity contribution in [3.63, 3.8) is 0 Å². The number of aromatic nitrogens is 2. The molecule has 0 aliphatic carbocycles. The van der Waals surface area contributed by atoms with Gasteiger partial charge in [-0.05, 0) is 37.1 Å². The summed E-state index contributed by atoms with van der Waals surface area (Å²) in [7, 11) is 0. The second-order valence-corrected chi connectivity index (χ2v) is 8.60. The number of thiophene rings is 1. The van der Waals surface area contributed by atoms with Crippen molar-refractivity contribution in [2.45, 2.75) is 25.3 Å². The first kappa shape index (κ1) is 21.2. The van der Waals surface area contributed by atoms with Gasteiger partial charge in [0.1, 0.15) is 22.0 Å². The molecule has 0 saturated carbocycles. The molecule has 0 aliphatic rings. The zero-order chi connectivity index (χ0) is 20.8. The van der Waals surface area contributed by atoms with Crippen molar-refractivity contribution in [3.8, 4) is 0 Å². The van der Waals surface area contributed by atoms with Gasteiger partial charge in [-0.25, -0.2) is 14.4 Å². The van der Waals surface area contributed by atoms with E-state index in [4.69, 9.17) is 0 Å². The van der Waals surface area contributed by atoms with E-state index in [0.29, 0.717) is 13.1 Å². The van der Waals surface area contributed by atoms with E-state index in [1.54, 1.807) is 23.5 Å². The molecule has 0 saturated heterocycles. The molecule has 29 heavy (non-hydrogen) atoms. The number of halogens is 1. The van der Waals surface area contributed by atoms with Crippen LogP contribution in [0.15, 0.2) is 35.6 Å². The first-order valence-corrected chi connectivity index (χ1v) is 10.9. The average molecular weight is 433 g/mol. The van der Waals surface area contributed by atoms with E-state index >= 15 is 0 Å². The van der Waals surface area contributed by atoms with Gasteiger partial charge < -0.3 is 10.6 Å². The number of carbonyl (C=O) groups excluding carboxylic acids is 2. The Balaban J connectivity index is 1.39. The molecule has 0 bridgehead atoms. The molecular formula is C20H21FN4O2S2. The van der Waals surface area contributed by atoms with Crippen molar-refractivity contribution in [1.29, 1.82) is 0 Å². The predicted octanol–water partition coefficient (Wildman–Crippen LogP) is 3.01. The van der Waals surface area contributed by atoms with Crippen LogP contribution in [0.5, 0.6) is 0 Å². The fourth-order valence-electron chi connectivity index (χ4n) is 2.70. The molecule has 2 amide bonds. The third-order valence-corrected chi connectivity index (χ3v) is 6.42. The number of thioether (sulfide) groups is 1. The summed E-state index contributed by atoms with van der Waals surface area (Å²) in [6.45, 7) is 4.75. The maximum absolute atomic E-state index is 12.9. The molecule has 0 aliphatic heterocycles. The number of nitrogens with zero attached hydrogens (tertiary/aromatic N) is 2. The van der Waals surface area contributed by atoms with Gasteiger partial charge in [0.05, 0.1) is 12.2 Å². The molecule has 9 heteroatoms. The molecule has 0 fully saturated rings. The summed E-state index contributed by atoms with van der Waals surface area (Å²) in [4.78, 5) is 34.7. The maximum Gasteiger partial charge on any atom is 0.230 e. The van der Waals surface area contributed by atoms with Gasteiger partial charge in [-0.15, -0.1) is 11.3 Å². The summed E-state index contributed by atoms with van der Waals surface area (Å²) in [5.41, 5.74) is 1.89. The Bertz CT molecular complexity index is 1020. The molecule has 0 unspecified atom stereocenters. The van der Waals surface area contributed by atoms with Crippen LogP contribution in [0.1, 0.15) is 16.0 Å². The van der Waals surface area contributed by atoms with Gasteiger partial charge >= 0.3 is 0 Å². The highest BCUT2D eigenvalue weighted by molar-refractivity contribution is 8.00. The van der Waals surface area contributed by atoms with Crippen molar-refractivity contribution < 1.29 is 14.0 Å². The molecule has 6 nitrogen and oxygen atoms in total. The lowest BCUT2D eigenvalue weighted by molar-refractivity contribution is -0.121. The van der Waals surface area contributed by atoms with Crippen LogP contribution in [0.4, 0.5) is 4.39 Å². The largest absolute Gasteiger partial charge is 0.354 e. The maximum atomic E-state index is 12.9. The van der Waals surface area contributed by atoms with Gasteiger partial charge in [0.25, 0.3) is 0 Å².